The van der Waals surface area contributed by atoms with Crippen LogP contribution in [-0.4, -0.2) is 12.0 Å². The van der Waals surface area contributed by atoms with Crippen LogP contribution in [0.4, 0.5) is 21.5 Å². The Morgan fingerprint density at radius 3 is 2.55 bits per heavy atom. The number of nitro benzene ring substituents is 1. The Kier molecular flexibility index (Phi) is 3.62. The van der Waals surface area contributed by atoms with Crippen LogP contribution < -0.4 is 4.90 Å². The summed E-state index contributed by atoms with van der Waals surface area (Å²) in [6.07, 6.45) is 0. The van der Waals surface area contributed by atoms with Crippen LogP contribution >= 0.6 is 0 Å². The van der Waals surface area contributed by atoms with Gasteiger partial charge in [0.2, 0.25) is 0 Å². The molecule has 0 aliphatic rings. The van der Waals surface area contributed by atoms with Gasteiger partial charge >= 0.3 is 0 Å². The molecule has 0 fully saturated rings. The Hall–Kier alpha value is -2.94. The predicted molar refractivity (Wildman–Crippen MR) is 72.3 cm³/mol. The molecule has 0 aromatic heterocycles. The molecule has 2 aromatic rings. The van der Waals surface area contributed by atoms with Gasteiger partial charge < -0.3 is 4.90 Å². The summed E-state index contributed by atoms with van der Waals surface area (Å²) in [4.78, 5) is 11.4. The van der Waals surface area contributed by atoms with E-state index in [1.165, 1.54) is 17.0 Å². The lowest BCUT2D eigenvalue weighted by atomic mass is 10.1. The maximum absolute atomic E-state index is 14.0. The summed E-state index contributed by atoms with van der Waals surface area (Å²) in [6, 6.07) is 12.2. The Labute approximate surface area is 114 Å². The lowest BCUT2D eigenvalue weighted by molar-refractivity contribution is -0.385. The van der Waals surface area contributed by atoms with Crippen LogP contribution in [0.2, 0.25) is 0 Å². The van der Waals surface area contributed by atoms with Gasteiger partial charge in [-0.05, 0) is 18.2 Å². The number of hydrogen-bond donors (Lipinski definition) is 0. The maximum Gasteiger partial charge on any atom is 0.272 e. The van der Waals surface area contributed by atoms with Crippen LogP contribution in [0.1, 0.15) is 5.56 Å². The molecule has 2 rings (SSSR count). The number of nitrogens with zero attached hydrogens (tertiary/aromatic N) is 3. The molecule has 5 nitrogen and oxygen atoms in total. The summed E-state index contributed by atoms with van der Waals surface area (Å²) in [5, 5.41) is 19.6. The number of nitro groups is 1. The highest BCUT2D eigenvalue weighted by atomic mass is 19.1. The standard InChI is InChI=1S/C14H10FN3O2/c1-17(13-5-3-2-4-10(13)9-16)14-7-6-11(18(19)20)8-12(14)15/h2-8H,1H3. The summed E-state index contributed by atoms with van der Waals surface area (Å²) in [6.45, 7) is 0. The molecule has 0 spiro atoms. The molecule has 0 unspecified atom stereocenters. The molecule has 0 saturated heterocycles. The Balaban J connectivity index is 2.46. The van der Waals surface area contributed by atoms with E-state index in [-0.39, 0.29) is 11.4 Å². The zero-order valence-electron chi connectivity index (χ0n) is 10.6. The molecule has 0 amide bonds. The van der Waals surface area contributed by atoms with Crippen molar-refractivity contribution in [2.24, 2.45) is 0 Å². The SMILES string of the molecule is CN(c1ccc([N+](=O)[O-])cc1F)c1ccccc1C#N. The van der Waals surface area contributed by atoms with Crippen LogP contribution in [0, 0.1) is 27.3 Å². The van der Waals surface area contributed by atoms with E-state index < -0.39 is 10.7 Å². The van der Waals surface area contributed by atoms with E-state index in [1.54, 1.807) is 31.3 Å². The van der Waals surface area contributed by atoms with Crippen LogP contribution in [-0.2, 0) is 0 Å². The molecule has 2 aromatic carbocycles. The molecule has 0 aliphatic heterocycles. The van der Waals surface area contributed by atoms with Crippen molar-refractivity contribution in [2.75, 3.05) is 11.9 Å². The average Bonchev–Trinajstić information content (AvgIpc) is 2.46. The van der Waals surface area contributed by atoms with Crippen molar-refractivity contribution in [3.05, 3.63) is 64.0 Å². The molecular formula is C14H10FN3O2. The van der Waals surface area contributed by atoms with Crippen molar-refractivity contribution in [3.63, 3.8) is 0 Å². The largest absolute Gasteiger partial charge is 0.341 e. The Bertz CT molecular complexity index is 710. The lowest BCUT2D eigenvalue weighted by Gasteiger charge is -2.20. The van der Waals surface area contributed by atoms with Gasteiger partial charge in [-0.1, -0.05) is 12.1 Å². The molecule has 20 heavy (non-hydrogen) atoms. The smallest absolute Gasteiger partial charge is 0.272 e. The minimum atomic E-state index is -0.713. The van der Waals surface area contributed by atoms with Crippen LogP contribution in [0.5, 0.6) is 0 Å². The van der Waals surface area contributed by atoms with Crippen molar-refractivity contribution < 1.29 is 9.31 Å². The number of para-hydroxylation sites is 1. The molecule has 0 radical (unpaired) electrons. The lowest BCUT2D eigenvalue weighted by Crippen LogP contribution is -2.12. The first-order valence-electron chi connectivity index (χ1n) is 5.71. The molecule has 0 saturated carbocycles. The summed E-state index contributed by atoms with van der Waals surface area (Å²) in [7, 11) is 1.60. The van der Waals surface area contributed by atoms with E-state index in [0.717, 1.165) is 6.07 Å². The second kappa shape index (κ2) is 5.36. The molecule has 0 atom stereocenters. The monoisotopic (exact) mass is 271 g/mol. The Morgan fingerprint density at radius 1 is 1.25 bits per heavy atom. The third-order valence-electron chi connectivity index (χ3n) is 2.89. The van der Waals surface area contributed by atoms with Crippen molar-refractivity contribution in [2.45, 2.75) is 0 Å². The van der Waals surface area contributed by atoms with Crippen LogP contribution in [0.25, 0.3) is 0 Å². The third kappa shape index (κ3) is 2.42. The normalized spacial score (nSPS) is 9.85. The number of non-ortho nitro benzene ring substituents is 1. The van der Waals surface area contributed by atoms with Gasteiger partial charge in [0.25, 0.3) is 5.69 Å². The van der Waals surface area contributed by atoms with Crippen LogP contribution in [0.15, 0.2) is 42.5 Å². The van der Waals surface area contributed by atoms with Gasteiger partial charge in [0.1, 0.15) is 6.07 Å². The number of anilines is 2. The first-order chi connectivity index (χ1) is 9.54. The van der Waals surface area contributed by atoms with Gasteiger partial charge in [-0.15, -0.1) is 0 Å². The first kappa shape index (κ1) is 13.5. The van der Waals surface area contributed by atoms with Gasteiger partial charge in [-0.25, -0.2) is 4.39 Å². The fourth-order valence-electron chi connectivity index (χ4n) is 1.87. The molecule has 0 N–H and O–H groups in total. The molecule has 0 bridgehead atoms. The van der Waals surface area contributed by atoms with Crippen molar-refractivity contribution >= 4 is 17.1 Å². The minimum absolute atomic E-state index is 0.165. The third-order valence-corrected chi connectivity index (χ3v) is 2.89. The molecular weight excluding hydrogens is 261 g/mol. The highest BCUT2D eigenvalue weighted by molar-refractivity contribution is 5.69. The second-order valence-corrected chi connectivity index (χ2v) is 4.08. The predicted octanol–water partition coefficient (Wildman–Crippen LogP) is 3.37. The summed E-state index contributed by atoms with van der Waals surface area (Å²) in [5.74, 6) is -0.713. The number of nitriles is 1. The van der Waals surface area contributed by atoms with Crippen LogP contribution in [0.3, 0.4) is 0 Å². The zero-order chi connectivity index (χ0) is 14.7. The second-order valence-electron chi connectivity index (χ2n) is 4.08. The van der Waals surface area contributed by atoms with E-state index >= 15 is 0 Å². The maximum atomic E-state index is 14.0. The van der Waals surface area contributed by atoms with Gasteiger partial charge in [0.15, 0.2) is 5.82 Å². The fraction of sp³-hybridized carbons (Fsp3) is 0.0714. The number of halogens is 1. The zero-order valence-corrected chi connectivity index (χ0v) is 10.6. The highest BCUT2D eigenvalue weighted by Crippen LogP contribution is 2.30. The molecule has 100 valence electrons. The van der Waals surface area contributed by atoms with Gasteiger partial charge in [-0.2, -0.15) is 5.26 Å². The Morgan fingerprint density at radius 2 is 1.95 bits per heavy atom. The number of rotatable bonds is 3. The fourth-order valence-corrected chi connectivity index (χ4v) is 1.87. The topological polar surface area (TPSA) is 70.2 Å². The first-order valence-corrected chi connectivity index (χ1v) is 5.71. The number of benzene rings is 2. The van der Waals surface area contributed by atoms with Gasteiger partial charge in [0, 0.05) is 13.1 Å². The van der Waals surface area contributed by atoms with E-state index in [4.69, 9.17) is 5.26 Å². The summed E-state index contributed by atoms with van der Waals surface area (Å²) < 4.78 is 14.0. The molecule has 0 aliphatic carbocycles. The van der Waals surface area contributed by atoms with Crippen molar-refractivity contribution in [1.29, 1.82) is 5.26 Å². The van der Waals surface area contributed by atoms with E-state index in [2.05, 4.69) is 0 Å². The average molecular weight is 271 g/mol. The van der Waals surface area contributed by atoms with Gasteiger partial charge in [0.05, 0.1) is 27.9 Å². The summed E-state index contributed by atoms with van der Waals surface area (Å²) in [5.41, 5.74) is 0.780. The van der Waals surface area contributed by atoms with Crippen molar-refractivity contribution in [3.8, 4) is 6.07 Å². The van der Waals surface area contributed by atoms with E-state index in [1.807, 2.05) is 6.07 Å². The quantitative estimate of drug-likeness (QED) is 0.633. The van der Waals surface area contributed by atoms with Crippen molar-refractivity contribution in [1.82, 2.24) is 0 Å². The molecule has 6 heteroatoms. The number of hydrogen-bond acceptors (Lipinski definition) is 4. The van der Waals surface area contributed by atoms with E-state index in [9.17, 15) is 14.5 Å². The minimum Gasteiger partial charge on any atom is -0.341 e. The van der Waals surface area contributed by atoms with E-state index in [0.29, 0.717) is 11.3 Å². The molecule has 0 heterocycles. The summed E-state index contributed by atoms with van der Waals surface area (Å²) >= 11 is 0. The highest BCUT2D eigenvalue weighted by Gasteiger charge is 2.16. The van der Waals surface area contributed by atoms with Gasteiger partial charge in [-0.3, -0.25) is 10.1 Å².